The molecular weight excluding hydrogens is 434 g/mol. The fourth-order valence-corrected chi connectivity index (χ4v) is 6.78. The van der Waals surface area contributed by atoms with Crippen molar-refractivity contribution in [1.82, 2.24) is 0 Å². The Morgan fingerprint density at radius 2 is 1.97 bits per heavy atom. The van der Waals surface area contributed by atoms with E-state index >= 15 is 0 Å². The number of nitrogens with zero attached hydrogens (tertiary/aromatic N) is 2. The first-order chi connectivity index (χ1) is 15.2. The Bertz CT molecular complexity index is 1180. The number of carbonyl (C=O) groups excluding carboxylic acids is 1. The predicted molar refractivity (Wildman–Crippen MR) is 134 cm³/mol. The van der Waals surface area contributed by atoms with Crippen LogP contribution in [0.4, 0.5) is 5.69 Å². The van der Waals surface area contributed by atoms with Gasteiger partial charge >= 0.3 is 0 Å². The summed E-state index contributed by atoms with van der Waals surface area (Å²) in [7, 11) is 0. The average Bonchev–Trinajstić information content (AvgIpc) is 3.12. The van der Waals surface area contributed by atoms with Crippen LogP contribution >= 0.6 is 23.1 Å². The number of rotatable bonds is 4. The summed E-state index contributed by atoms with van der Waals surface area (Å²) >= 11 is 3.37. The lowest BCUT2D eigenvalue weighted by molar-refractivity contribution is -0.118. The van der Waals surface area contributed by atoms with E-state index in [0.717, 1.165) is 39.6 Å². The van der Waals surface area contributed by atoms with Crippen LogP contribution in [-0.4, -0.2) is 12.0 Å². The summed E-state index contributed by atoms with van der Waals surface area (Å²) in [6, 6.07) is 12.8. The summed E-state index contributed by atoms with van der Waals surface area (Å²) in [6.07, 6.45) is 4.20. The first-order valence-electron chi connectivity index (χ1n) is 10.9. The molecule has 2 aliphatic rings. The van der Waals surface area contributed by atoms with E-state index in [0.29, 0.717) is 17.8 Å². The molecule has 0 saturated carbocycles. The number of benzene rings is 1. The van der Waals surface area contributed by atoms with Crippen molar-refractivity contribution >= 4 is 34.6 Å². The van der Waals surface area contributed by atoms with Crippen LogP contribution in [0, 0.1) is 23.7 Å². The van der Waals surface area contributed by atoms with E-state index in [2.05, 4.69) is 52.0 Å². The van der Waals surface area contributed by atoms with E-state index in [9.17, 15) is 10.1 Å². The lowest BCUT2D eigenvalue weighted by atomic mass is 9.69. The van der Waals surface area contributed by atoms with Gasteiger partial charge in [-0.15, -0.1) is 23.1 Å². The normalized spacial score (nSPS) is 20.4. The number of nitrogens with two attached hydrogens (primary N) is 1. The molecule has 2 heterocycles. The van der Waals surface area contributed by atoms with E-state index < -0.39 is 5.92 Å². The highest BCUT2D eigenvalue weighted by Crippen LogP contribution is 2.52. The summed E-state index contributed by atoms with van der Waals surface area (Å²) in [5, 5.41) is 10.2. The number of thioether (sulfide) groups is 1. The molecule has 0 unspecified atom stereocenters. The van der Waals surface area contributed by atoms with Gasteiger partial charge in [0.05, 0.1) is 21.8 Å². The molecule has 0 saturated heterocycles. The molecule has 0 radical (unpaired) electrons. The molecule has 1 aromatic carbocycles. The lowest BCUT2D eigenvalue weighted by Crippen LogP contribution is -2.42. The van der Waals surface area contributed by atoms with E-state index in [1.54, 1.807) is 23.1 Å². The molecular formula is C26H29N3OS2. The van der Waals surface area contributed by atoms with Crippen molar-refractivity contribution in [2.24, 2.45) is 11.1 Å². The number of carbonyl (C=O) groups is 1. The van der Waals surface area contributed by atoms with Crippen LogP contribution in [0.25, 0.3) is 0 Å². The Hall–Kier alpha value is -2.49. The molecule has 0 spiro atoms. The number of hydrogen-bond donors (Lipinski definition) is 1. The van der Waals surface area contributed by atoms with Crippen LogP contribution in [0.3, 0.4) is 0 Å². The maximum absolute atomic E-state index is 13.6. The van der Waals surface area contributed by atoms with Crippen molar-refractivity contribution in [3.05, 3.63) is 69.0 Å². The second-order valence-electron chi connectivity index (χ2n) is 9.30. The fraction of sp³-hybridized carbons (Fsp3) is 0.385. The summed E-state index contributed by atoms with van der Waals surface area (Å²) < 4.78 is 1.14. The number of nitriles is 1. The van der Waals surface area contributed by atoms with Gasteiger partial charge in [-0.05, 0) is 60.8 Å². The van der Waals surface area contributed by atoms with Gasteiger partial charge in [-0.25, -0.2) is 0 Å². The smallest absolute Gasteiger partial charge is 0.162 e. The molecule has 4 rings (SSSR count). The Balaban J connectivity index is 1.99. The molecule has 32 heavy (non-hydrogen) atoms. The molecule has 1 aliphatic heterocycles. The van der Waals surface area contributed by atoms with Gasteiger partial charge in [-0.2, -0.15) is 5.26 Å². The second kappa shape index (κ2) is 8.46. The van der Waals surface area contributed by atoms with Gasteiger partial charge in [0.1, 0.15) is 5.82 Å². The van der Waals surface area contributed by atoms with E-state index in [4.69, 9.17) is 5.73 Å². The van der Waals surface area contributed by atoms with Crippen LogP contribution in [0.2, 0.25) is 0 Å². The summed E-state index contributed by atoms with van der Waals surface area (Å²) in [4.78, 5) is 16.7. The third kappa shape index (κ3) is 3.78. The van der Waals surface area contributed by atoms with Crippen LogP contribution in [0.1, 0.15) is 55.5 Å². The van der Waals surface area contributed by atoms with Crippen molar-refractivity contribution in [3.8, 4) is 6.07 Å². The minimum atomic E-state index is -0.405. The van der Waals surface area contributed by atoms with E-state index in [-0.39, 0.29) is 11.2 Å². The molecule has 0 amide bonds. The summed E-state index contributed by atoms with van der Waals surface area (Å²) in [5.74, 6) is 0.145. The van der Waals surface area contributed by atoms with E-state index in [1.807, 2.05) is 23.3 Å². The number of ketones is 1. The quantitative estimate of drug-likeness (QED) is 0.540. The number of thiophene rings is 1. The van der Waals surface area contributed by atoms with E-state index in [1.165, 1.54) is 10.4 Å². The molecule has 2 aromatic rings. The van der Waals surface area contributed by atoms with Gasteiger partial charge in [0.2, 0.25) is 0 Å². The molecule has 1 atom stereocenters. The van der Waals surface area contributed by atoms with Crippen molar-refractivity contribution in [3.63, 3.8) is 0 Å². The third-order valence-corrected chi connectivity index (χ3v) is 8.55. The minimum Gasteiger partial charge on any atom is -0.384 e. The molecule has 0 bridgehead atoms. The molecule has 6 heteroatoms. The fourth-order valence-electron chi connectivity index (χ4n) is 4.87. The van der Waals surface area contributed by atoms with Crippen molar-refractivity contribution < 1.29 is 4.79 Å². The standard InChI is InChI=1S/C26H29N3OS2/c1-6-16-7-9-17(10-8-16)29-20-12-26(3,4)13-21(30)23(20)22(19(14-27)24(29)28)18-11-15(2)32-25(18)31-5/h7-11,22H,6,12-13,28H2,1-5H3/t22-/m0/s1. The highest BCUT2D eigenvalue weighted by Gasteiger charge is 2.45. The summed E-state index contributed by atoms with van der Waals surface area (Å²) in [6.45, 7) is 8.45. The topological polar surface area (TPSA) is 70.1 Å². The Morgan fingerprint density at radius 1 is 1.28 bits per heavy atom. The first kappa shape index (κ1) is 22.7. The van der Waals surface area contributed by atoms with Crippen LogP contribution in [0.5, 0.6) is 0 Å². The SMILES string of the molecule is CCc1ccc(N2C(N)=C(C#N)[C@H](c3cc(C)sc3SC)C3=C2CC(C)(C)CC3=O)cc1. The Labute approximate surface area is 198 Å². The van der Waals surface area contributed by atoms with Crippen molar-refractivity contribution in [1.29, 1.82) is 5.26 Å². The Morgan fingerprint density at radius 3 is 2.56 bits per heavy atom. The maximum Gasteiger partial charge on any atom is 0.162 e. The number of anilines is 1. The molecule has 1 aromatic heterocycles. The number of Topliss-reactive ketones (excluding diaryl/α,β-unsaturated/α-hetero) is 1. The van der Waals surface area contributed by atoms with Gasteiger partial charge in [-0.1, -0.05) is 32.9 Å². The monoisotopic (exact) mass is 463 g/mol. The minimum absolute atomic E-state index is 0.118. The molecule has 2 N–H and O–H groups in total. The van der Waals surface area contributed by atoms with Gasteiger partial charge < -0.3 is 5.73 Å². The lowest BCUT2D eigenvalue weighted by Gasteiger charge is -2.43. The highest BCUT2D eigenvalue weighted by atomic mass is 32.2. The van der Waals surface area contributed by atoms with Crippen LogP contribution in [0.15, 0.2) is 57.2 Å². The van der Waals surface area contributed by atoms with Gasteiger partial charge in [0, 0.05) is 28.3 Å². The van der Waals surface area contributed by atoms with Crippen molar-refractivity contribution in [2.75, 3.05) is 11.2 Å². The summed E-state index contributed by atoms with van der Waals surface area (Å²) in [5.41, 5.74) is 11.9. The molecule has 166 valence electrons. The van der Waals surface area contributed by atoms with Gasteiger partial charge in [0.25, 0.3) is 0 Å². The van der Waals surface area contributed by atoms with Crippen LogP contribution in [-0.2, 0) is 11.2 Å². The zero-order valence-corrected chi connectivity index (χ0v) is 20.9. The second-order valence-corrected chi connectivity index (χ2v) is 11.6. The van der Waals surface area contributed by atoms with Gasteiger partial charge in [-0.3, -0.25) is 9.69 Å². The zero-order valence-electron chi connectivity index (χ0n) is 19.3. The maximum atomic E-state index is 13.6. The highest BCUT2D eigenvalue weighted by molar-refractivity contribution is 8.00. The van der Waals surface area contributed by atoms with Crippen molar-refractivity contribution in [2.45, 2.75) is 57.1 Å². The van der Waals surface area contributed by atoms with Crippen LogP contribution < -0.4 is 10.6 Å². The molecule has 4 nitrogen and oxygen atoms in total. The first-order valence-corrected chi connectivity index (χ1v) is 12.9. The van der Waals surface area contributed by atoms with Gasteiger partial charge in [0.15, 0.2) is 5.78 Å². The number of allylic oxidation sites excluding steroid dienone is 3. The zero-order chi connectivity index (χ0) is 23.2. The predicted octanol–water partition coefficient (Wildman–Crippen LogP) is 6.28. The largest absolute Gasteiger partial charge is 0.384 e. The number of aryl methyl sites for hydroxylation is 2. The Kier molecular flexibility index (Phi) is 6.00. The number of hydrogen-bond acceptors (Lipinski definition) is 6. The molecule has 0 fully saturated rings. The third-order valence-electron chi connectivity index (χ3n) is 6.33. The molecule has 1 aliphatic carbocycles. The average molecular weight is 464 g/mol.